The van der Waals surface area contributed by atoms with Gasteiger partial charge in [-0.3, -0.25) is 14.7 Å². The first-order valence-electron chi connectivity index (χ1n) is 12.1. The summed E-state index contributed by atoms with van der Waals surface area (Å²) in [7, 11) is 0. The number of fused-ring (bicyclic) bond motifs is 1. The number of amides is 1. The van der Waals surface area contributed by atoms with Crippen LogP contribution in [0.2, 0.25) is 0 Å². The first-order chi connectivity index (χ1) is 16.0. The van der Waals surface area contributed by atoms with Gasteiger partial charge in [0.05, 0.1) is 5.69 Å². The molecule has 176 valence electrons. The number of likely N-dealkylation sites (tertiary alicyclic amines) is 1. The van der Waals surface area contributed by atoms with Crippen molar-refractivity contribution < 1.29 is 9.90 Å². The molecule has 1 saturated heterocycles. The van der Waals surface area contributed by atoms with Crippen molar-refractivity contribution in [2.24, 2.45) is 10.9 Å². The van der Waals surface area contributed by atoms with Gasteiger partial charge in [-0.25, -0.2) is 0 Å². The smallest absolute Gasteiger partial charge is 0.251 e. The molecule has 1 unspecified atom stereocenters. The van der Waals surface area contributed by atoms with E-state index in [1.54, 1.807) is 0 Å². The number of piperidine rings is 1. The van der Waals surface area contributed by atoms with E-state index in [-0.39, 0.29) is 5.91 Å². The highest BCUT2D eigenvalue weighted by Crippen LogP contribution is 2.29. The van der Waals surface area contributed by atoms with Crippen molar-refractivity contribution in [3.8, 4) is 0 Å². The van der Waals surface area contributed by atoms with Crippen molar-refractivity contribution in [3.63, 3.8) is 0 Å². The van der Waals surface area contributed by atoms with Crippen LogP contribution in [0.4, 0.5) is 5.69 Å². The van der Waals surface area contributed by atoms with Crippen molar-refractivity contribution >= 4 is 33.7 Å². The number of hydrogen-bond acceptors (Lipinski definition) is 4. The van der Waals surface area contributed by atoms with E-state index in [0.29, 0.717) is 12.5 Å². The minimum atomic E-state index is -0.525. The number of aliphatic imine (C=N–C) groups is 1. The van der Waals surface area contributed by atoms with Gasteiger partial charge in [-0.2, -0.15) is 0 Å². The molecule has 6 heteroatoms. The molecule has 5 nitrogen and oxygen atoms in total. The van der Waals surface area contributed by atoms with E-state index in [2.05, 4.69) is 44.1 Å². The Balaban J connectivity index is 1.13. The van der Waals surface area contributed by atoms with Crippen LogP contribution in [0.3, 0.4) is 0 Å². The lowest BCUT2D eigenvalue weighted by Gasteiger charge is -2.35. The third-order valence-electron chi connectivity index (χ3n) is 6.91. The molecule has 0 aromatic heterocycles. The molecular weight excluding hydrogens is 478 g/mol. The van der Waals surface area contributed by atoms with Gasteiger partial charge in [-0.15, -0.1) is 0 Å². The second-order valence-electron chi connectivity index (χ2n) is 9.31. The Morgan fingerprint density at radius 3 is 2.82 bits per heavy atom. The number of benzene rings is 2. The summed E-state index contributed by atoms with van der Waals surface area (Å²) >= 11 is 3.53. The Morgan fingerprint density at radius 1 is 1.21 bits per heavy atom. The fraction of sp³-hybridized carbons (Fsp3) is 0.481. The summed E-state index contributed by atoms with van der Waals surface area (Å²) in [5.74, 6) is 0.717. The number of halogens is 1. The van der Waals surface area contributed by atoms with Crippen LogP contribution in [0.25, 0.3) is 0 Å². The summed E-state index contributed by atoms with van der Waals surface area (Å²) in [6.45, 7) is 4.63. The number of aliphatic hydroxyl groups is 1. The number of nitrogens with zero attached hydrogens (tertiary/aromatic N) is 2. The maximum Gasteiger partial charge on any atom is 0.251 e. The average Bonchev–Trinajstić information content (AvgIpc) is 2.85. The van der Waals surface area contributed by atoms with Gasteiger partial charge in [-0.1, -0.05) is 40.9 Å². The summed E-state index contributed by atoms with van der Waals surface area (Å²) < 4.78 is 1.07. The first kappa shape index (κ1) is 24.1. The maximum atomic E-state index is 12.5. The van der Waals surface area contributed by atoms with Crippen LogP contribution in [0, 0.1) is 12.8 Å². The molecule has 4 rings (SSSR count). The Bertz CT molecular complexity index is 999. The maximum absolute atomic E-state index is 12.5. The van der Waals surface area contributed by atoms with Crippen LogP contribution in [-0.2, 0) is 6.42 Å². The fourth-order valence-corrected chi connectivity index (χ4v) is 5.07. The van der Waals surface area contributed by atoms with Gasteiger partial charge in [0.1, 0.15) is 6.23 Å². The molecule has 2 aromatic rings. The molecule has 0 spiro atoms. The Hall–Kier alpha value is -2.02. The summed E-state index contributed by atoms with van der Waals surface area (Å²) in [6, 6.07) is 11.9. The number of aryl methyl sites for hydroxylation is 2. The lowest BCUT2D eigenvalue weighted by Crippen LogP contribution is -2.36. The molecule has 2 aliphatic heterocycles. The molecule has 2 aliphatic rings. The van der Waals surface area contributed by atoms with Crippen LogP contribution in [0.15, 0.2) is 45.9 Å². The van der Waals surface area contributed by atoms with Gasteiger partial charge >= 0.3 is 0 Å². The zero-order valence-electron chi connectivity index (χ0n) is 19.4. The molecule has 33 heavy (non-hydrogen) atoms. The molecule has 0 saturated carbocycles. The molecule has 1 fully saturated rings. The standard InChI is InChI=1S/C27H34BrN3O2/c1-19-17-23(7-9-24(19)28)27(33)31-15-11-20(12-16-31)5-2-3-13-30-26(32)22-8-10-25-21(18-22)6-4-14-29-25/h7-10,14,17-18,20,27,33H,2-6,11-13,15-16H2,1H3,(H,30,32). The molecule has 2 heterocycles. The van der Waals surface area contributed by atoms with Gasteiger partial charge < -0.3 is 10.4 Å². The van der Waals surface area contributed by atoms with E-state index in [1.165, 1.54) is 6.42 Å². The SMILES string of the molecule is Cc1cc(C(O)N2CCC(CCCCNC(=O)c3ccc4c(c3)CCC=N4)CC2)ccc1Br. The number of rotatable bonds is 8. The van der Waals surface area contributed by atoms with E-state index in [1.807, 2.05) is 36.5 Å². The van der Waals surface area contributed by atoms with Crippen molar-refractivity contribution in [1.82, 2.24) is 10.2 Å². The van der Waals surface area contributed by atoms with Gasteiger partial charge in [0.2, 0.25) is 0 Å². The predicted molar refractivity (Wildman–Crippen MR) is 137 cm³/mol. The number of carbonyl (C=O) groups excluding carboxylic acids is 1. The normalized spacial score (nSPS) is 17.5. The van der Waals surface area contributed by atoms with Crippen LogP contribution in [0.5, 0.6) is 0 Å². The summed E-state index contributed by atoms with van der Waals surface area (Å²) in [5.41, 5.74) is 5.00. The monoisotopic (exact) mass is 511 g/mol. The Kier molecular flexibility index (Phi) is 8.34. The topological polar surface area (TPSA) is 64.9 Å². The number of hydrogen-bond donors (Lipinski definition) is 2. The lowest BCUT2D eigenvalue weighted by molar-refractivity contribution is -0.0198. The number of aliphatic hydroxyl groups excluding tert-OH is 1. The van der Waals surface area contributed by atoms with E-state index < -0.39 is 6.23 Å². The Labute approximate surface area is 205 Å². The molecule has 2 N–H and O–H groups in total. The van der Waals surface area contributed by atoms with E-state index in [4.69, 9.17) is 0 Å². The molecular formula is C27H34BrN3O2. The minimum absolute atomic E-state index is 0.0119. The molecule has 0 aliphatic carbocycles. The zero-order chi connectivity index (χ0) is 23.2. The highest BCUT2D eigenvalue weighted by molar-refractivity contribution is 9.10. The van der Waals surface area contributed by atoms with Crippen LogP contribution >= 0.6 is 15.9 Å². The van der Waals surface area contributed by atoms with Crippen molar-refractivity contribution in [2.75, 3.05) is 19.6 Å². The number of unbranched alkanes of at least 4 members (excludes halogenated alkanes) is 1. The van der Waals surface area contributed by atoms with Crippen LogP contribution in [0.1, 0.15) is 71.8 Å². The van der Waals surface area contributed by atoms with Gasteiger partial charge in [0.25, 0.3) is 5.91 Å². The highest BCUT2D eigenvalue weighted by atomic mass is 79.9. The second-order valence-corrected chi connectivity index (χ2v) is 10.2. The number of nitrogens with one attached hydrogen (secondary N) is 1. The molecule has 2 aromatic carbocycles. The third-order valence-corrected chi connectivity index (χ3v) is 7.80. The number of carbonyl (C=O) groups is 1. The van der Waals surface area contributed by atoms with Crippen molar-refractivity contribution in [3.05, 3.63) is 63.1 Å². The average molecular weight is 512 g/mol. The first-order valence-corrected chi connectivity index (χ1v) is 12.9. The zero-order valence-corrected chi connectivity index (χ0v) is 21.0. The highest BCUT2D eigenvalue weighted by Gasteiger charge is 2.24. The molecule has 1 atom stereocenters. The summed E-state index contributed by atoms with van der Waals surface area (Å²) in [6.07, 6.45) is 8.88. The fourth-order valence-electron chi connectivity index (χ4n) is 4.82. The van der Waals surface area contributed by atoms with E-state index >= 15 is 0 Å². The molecule has 0 radical (unpaired) electrons. The summed E-state index contributed by atoms with van der Waals surface area (Å²) in [4.78, 5) is 19.0. The predicted octanol–water partition coefficient (Wildman–Crippen LogP) is 5.71. The van der Waals surface area contributed by atoms with Gasteiger partial charge in [-0.05, 0) is 85.9 Å². The molecule has 1 amide bonds. The van der Waals surface area contributed by atoms with E-state index in [9.17, 15) is 9.90 Å². The summed E-state index contributed by atoms with van der Waals surface area (Å²) in [5, 5.41) is 13.8. The van der Waals surface area contributed by atoms with E-state index in [0.717, 1.165) is 84.0 Å². The van der Waals surface area contributed by atoms with Crippen molar-refractivity contribution in [1.29, 1.82) is 0 Å². The van der Waals surface area contributed by atoms with Crippen LogP contribution in [-0.4, -0.2) is 41.8 Å². The van der Waals surface area contributed by atoms with Gasteiger partial charge in [0, 0.05) is 35.9 Å². The third kappa shape index (κ3) is 6.31. The van der Waals surface area contributed by atoms with Crippen LogP contribution < -0.4 is 5.32 Å². The Morgan fingerprint density at radius 2 is 2.03 bits per heavy atom. The quantitative estimate of drug-likeness (QED) is 0.446. The largest absolute Gasteiger partial charge is 0.374 e. The molecule has 0 bridgehead atoms. The van der Waals surface area contributed by atoms with Gasteiger partial charge in [0.15, 0.2) is 0 Å². The van der Waals surface area contributed by atoms with Crippen molar-refractivity contribution in [2.45, 2.75) is 58.1 Å². The lowest BCUT2D eigenvalue weighted by atomic mass is 9.91. The minimum Gasteiger partial charge on any atom is -0.374 e. The second kappa shape index (κ2) is 11.4.